The van der Waals surface area contributed by atoms with Crippen LogP contribution < -0.4 is 15.8 Å². The topological polar surface area (TPSA) is 114 Å². The summed E-state index contributed by atoms with van der Waals surface area (Å²) in [6.07, 6.45) is -1.68. The fourth-order valence-corrected chi connectivity index (χ4v) is 5.13. The molecule has 0 unspecified atom stereocenters. The Morgan fingerprint density at radius 2 is 1.80 bits per heavy atom. The van der Waals surface area contributed by atoms with Crippen molar-refractivity contribution in [3.8, 4) is 0 Å². The summed E-state index contributed by atoms with van der Waals surface area (Å²) in [6.45, 7) is 5.74. The van der Waals surface area contributed by atoms with Crippen LogP contribution in [0.2, 0.25) is 0 Å². The van der Waals surface area contributed by atoms with Crippen LogP contribution in [0, 0.1) is 0 Å². The zero-order chi connectivity index (χ0) is 29.3. The van der Waals surface area contributed by atoms with Crippen LogP contribution in [-0.4, -0.2) is 75.3 Å². The van der Waals surface area contributed by atoms with Gasteiger partial charge in [0.15, 0.2) is 5.82 Å². The van der Waals surface area contributed by atoms with Gasteiger partial charge in [-0.05, 0) is 42.7 Å². The minimum atomic E-state index is -4.49. The van der Waals surface area contributed by atoms with E-state index in [-0.39, 0.29) is 29.5 Å². The van der Waals surface area contributed by atoms with Gasteiger partial charge in [-0.25, -0.2) is 0 Å². The smallest absolute Gasteiger partial charge is 0.377 e. The highest BCUT2D eigenvalue weighted by Gasteiger charge is 2.30. The van der Waals surface area contributed by atoms with Crippen molar-refractivity contribution in [1.82, 2.24) is 24.1 Å². The number of benzene rings is 1. The molecule has 4 heterocycles. The molecule has 1 saturated heterocycles. The lowest BCUT2D eigenvalue weighted by Crippen LogP contribution is -2.50. The number of carbonyl (C=O) groups excluding carboxylic acids is 2. The Hall–Kier alpha value is -4.20. The molecule has 0 bridgehead atoms. The largest absolute Gasteiger partial charge is 0.416 e. The summed E-state index contributed by atoms with van der Waals surface area (Å²) in [6, 6.07) is 4.18. The van der Waals surface area contributed by atoms with Crippen molar-refractivity contribution in [2.75, 3.05) is 49.6 Å². The molecule has 3 aromatic rings. The highest BCUT2D eigenvalue weighted by atomic mass is 19.4. The average molecular weight is 574 g/mol. The molecule has 11 nitrogen and oxygen atoms in total. The van der Waals surface area contributed by atoms with E-state index in [4.69, 9.17) is 4.74 Å². The Bertz CT molecular complexity index is 1550. The van der Waals surface area contributed by atoms with Gasteiger partial charge in [0.1, 0.15) is 12.2 Å². The van der Waals surface area contributed by atoms with E-state index in [0.717, 1.165) is 17.7 Å². The number of hydrogen-bond donors (Lipinski definition) is 1. The lowest BCUT2D eigenvalue weighted by atomic mass is 10.1. The Morgan fingerprint density at radius 1 is 1.10 bits per heavy atom. The number of aromatic nitrogens is 4. The second kappa shape index (κ2) is 11.4. The summed E-state index contributed by atoms with van der Waals surface area (Å²) in [5.74, 6) is -0.00292. The second-order valence-corrected chi connectivity index (χ2v) is 9.86. The number of carbonyl (C=O) groups is 2. The number of amides is 2. The van der Waals surface area contributed by atoms with Gasteiger partial charge in [-0.15, -0.1) is 5.10 Å². The van der Waals surface area contributed by atoms with Gasteiger partial charge in [-0.3, -0.25) is 14.4 Å². The van der Waals surface area contributed by atoms with Gasteiger partial charge in [0.05, 0.1) is 24.5 Å². The fraction of sp³-hybridized carbons (Fsp3) is 0.444. The Morgan fingerprint density at radius 3 is 2.39 bits per heavy atom. The molecule has 0 atom stereocenters. The summed E-state index contributed by atoms with van der Waals surface area (Å²) in [5, 5.41) is 7.15. The van der Waals surface area contributed by atoms with E-state index in [1.165, 1.54) is 23.6 Å². The molecule has 0 saturated carbocycles. The summed E-state index contributed by atoms with van der Waals surface area (Å²) < 4.78 is 47.1. The van der Waals surface area contributed by atoms with Crippen molar-refractivity contribution >= 4 is 34.5 Å². The number of nitrogens with one attached hydrogen (secondary N) is 1. The predicted octanol–water partition coefficient (Wildman–Crippen LogP) is 2.58. The maximum atomic E-state index is 13.8. The molecule has 5 rings (SSSR count). The Kier molecular flexibility index (Phi) is 7.84. The zero-order valence-electron chi connectivity index (χ0n) is 22.7. The lowest BCUT2D eigenvalue weighted by Gasteiger charge is -2.36. The van der Waals surface area contributed by atoms with Crippen LogP contribution in [0.5, 0.6) is 0 Å². The third-order valence-electron chi connectivity index (χ3n) is 7.25. The summed E-state index contributed by atoms with van der Waals surface area (Å²) in [7, 11) is 0. The number of hydrogen-bond acceptors (Lipinski definition) is 7. The van der Waals surface area contributed by atoms with Crippen LogP contribution in [0.15, 0.2) is 35.1 Å². The van der Waals surface area contributed by atoms with Crippen LogP contribution in [0.4, 0.5) is 24.5 Å². The number of piperazine rings is 1. The molecule has 218 valence electrons. The van der Waals surface area contributed by atoms with Gasteiger partial charge in [0.25, 0.3) is 5.56 Å². The number of alkyl halides is 3. The van der Waals surface area contributed by atoms with Crippen LogP contribution >= 0.6 is 0 Å². The minimum Gasteiger partial charge on any atom is -0.377 e. The van der Waals surface area contributed by atoms with Crippen LogP contribution in [0.3, 0.4) is 0 Å². The van der Waals surface area contributed by atoms with Gasteiger partial charge in [-0.2, -0.15) is 22.7 Å². The summed E-state index contributed by atoms with van der Waals surface area (Å²) >= 11 is 0. The van der Waals surface area contributed by atoms with Crippen LogP contribution in [0.25, 0.3) is 11.4 Å². The average Bonchev–Trinajstić information content (AvgIpc) is 3.41. The van der Waals surface area contributed by atoms with Crippen LogP contribution in [-0.2, 0) is 33.5 Å². The monoisotopic (exact) mass is 573 g/mol. The molecule has 1 fully saturated rings. The van der Waals surface area contributed by atoms with Gasteiger partial charge >= 0.3 is 6.18 Å². The molecule has 0 spiro atoms. The third-order valence-corrected chi connectivity index (χ3v) is 7.25. The maximum Gasteiger partial charge on any atom is 0.416 e. The first kappa shape index (κ1) is 28.3. The van der Waals surface area contributed by atoms with Crippen molar-refractivity contribution in [1.29, 1.82) is 0 Å². The normalized spacial score (nSPS) is 16.2. The Balaban J connectivity index is 1.54. The standard InChI is InChI=1S/C27H30F3N7O4/c1-3-21-23(35-12-10-34(11-13-35)17(2)38)25(40)37-26(32-24(33-37)18-8-14-41-15-9-18)36(21)16-22(39)31-20-6-4-19(5-7-20)27(28,29)30/h4-8H,3,9-16H2,1-2H3,(H,31,39). The SMILES string of the molecule is CCc1c(N2CCN(C(C)=O)CC2)c(=O)n2nc(C3=CCOCC3)nc2n1CC(=O)Nc1ccc(C(F)(F)F)cc1. The predicted molar refractivity (Wildman–Crippen MR) is 145 cm³/mol. The van der Waals surface area contributed by atoms with E-state index in [1.54, 1.807) is 9.47 Å². The highest BCUT2D eigenvalue weighted by Crippen LogP contribution is 2.30. The van der Waals surface area contributed by atoms with E-state index < -0.39 is 17.6 Å². The minimum absolute atomic E-state index is 0.0428. The number of nitrogens with zero attached hydrogens (tertiary/aromatic N) is 6. The first-order valence-electron chi connectivity index (χ1n) is 13.3. The van der Waals surface area contributed by atoms with E-state index in [2.05, 4.69) is 15.4 Å². The molecule has 2 amide bonds. The van der Waals surface area contributed by atoms with E-state index in [0.29, 0.717) is 69.4 Å². The molecule has 2 aromatic heterocycles. The summed E-state index contributed by atoms with van der Waals surface area (Å²) in [5.41, 5.74) is 0.782. The molecule has 2 aliphatic heterocycles. The first-order valence-corrected chi connectivity index (χ1v) is 13.3. The van der Waals surface area contributed by atoms with Gasteiger partial charge in [0.2, 0.25) is 17.6 Å². The van der Waals surface area contributed by atoms with Gasteiger partial charge < -0.3 is 24.4 Å². The summed E-state index contributed by atoms with van der Waals surface area (Å²) in [4.78, 5) is 47.2. The molecule has 0 aliphatic carbocycles. The lowest BCUT2D eigenvalue weighted by molar-refractivity contribution is -0.137. The molecular weight excluding hydrogens is 543 g/mol. The second-order valence-electron chi connectivity index (χ2n) is 9.86. The molecule has 1 aromatic carbocycles. The van der Waals surface area contributed by atoms with Crippen molar-refractivity contribution in [3.63, 3.8) is 0 Å². The van der Waals surface area contributed by atoms with Crippen molar-refractivity contribution in [3.05, 3.63) is 57.8 Å². The maximum absolute atomic E-state index is 13.8. The molecule has 2 aliphatic rings. The van der Waals surface area contributed by atoms with E-state index in [1.807, 2.05) is 17.9 Å². The number of anilines is 2. The first-order chi connectivity index (χ1) is 19.6. The fourth-order valence-electron chi connectivity index (χ4n) is 5.13. The van der Waals surface area contributed by atoms with Crippen molar-refractivity contribution < 1.29 is 27.5 Å². The molecular formula is C27H30F3N7O4. The van der Waals surface area contributed by atoms with E-state index in [9.17, 15) is 27.6 Å². The third kappa shape index (κ3) is 5.82. The highest BCUT2D eigenvalue weighted by molar-refractivity contribution is 5.91. The van der Waals surface area contributed by atoms with Gasteiger partial charge in [0, 0.05) is 38.8 Å². The number of fused-ring (bicyclic) bond motifs is 1. The number of rotatable bonds is 6. The molecule has 0 radical (unpaired) electrons. The quantitative estimate of drug-likeness (QED) is 0.482. The molecule has 41 heavy (non-hydrogen) atoms. The van der Waals surface area contributed by atoms with Crippen LogP contribution in [0.1, 0.15) is 37.4 Å². The Labute approximate surface area is 233 Å². The van der Waals surface area contributed by atoms with Crippen molar-refractivity contribution in [2.24, 2.45) is 0 Å². The van der Waals surface area contributed by atoms with Crippen molar-refractivity contribution in [2.45, 2.75) is 39.4 Å². The molecule has 1 N–H and O–H groups in total. The zero-order valence-corrected chi connectivity index (χ0v) is 22.7. The number of halogens is 3. The van der Waals surface area contributed by atoms with Gasteiger partial charge in [-0.1, -0.05) is 13.0 Å². The number of ether oxygens (including phenoxy) is 1. The molecule has 14 heteroatoms. The van der Waals surface area contributed by atoms with E-state index >= 15 is 0 Å².